The van der Waals surface area contributed by atoms with Gasteiger partial charge in [0.2, 0.25) is 5.91 Å². The Morgan fingerprint density at radius 1 is 1.21 bits per heavy atom. The van der Waals surface area contributed by atoms with Gasteiger partial charge in [-0.3, -0.25) is 4.79 Å². The van der Waals surface area contributed by atoms with Gasteiger partial charge in [-0.15, -0.1) is 0 Å². The number of carbonyl (C=O) groups excluding carboxylic acids is 2. The van der Waals surface area contributed by atoms with Crippen molar-refractivity contribution < 1.29 is 19.1 Å². The van der Waals surface area contributed by atoms with Crippen molar-refractivity contribution in [2.75, 3.05) is 27.4 Å². The van der Waals surface area contributed by atoms with E-state index in [0.717, 1.165) is 22.0 Å². The first-order valence-corrected chi connectivity index (χ1v) is 10.2. The van der Waals surface area contributed by atoms with E-state index in [0.29, 0.717) is 24.4 Å². The number of carbonyl (C=O) groups is 2. The van der Waals surface area contributed by atoms with Crippen LogP contribution in [0.1, 0.15) is 30.5 Å². The Morgan fingerprint density at radius 2 is 1.93 bits per heavy atom. The first-order chi connectivity index (χ1) is 14.0. The van der Waals surface area contributed by atoms with E-state index < -0.39 is 12.0 Å². The largest absolute Gasteiger partial charge is 0.466 e. The topological polar surface area (TPSA) is 80.2 Å². The number of rotatable bonds is 7. The highest BCUT2D eigenvalue weighted by Gasteiger charge is 2.40. The zero-order valence-corrected chi connectivity index (χ0v) is 17.8. The Bertz CT molecular complexity index is 890. The summed E-state index contributed by atoms with van der Waals surface area (Å²) in [6.07, 6.45) is 0.186. The molecule has 29 heavy (non-hydrogen) atoms. The van der Waals surface area contributed by atoms with Gasteiger partial charge in [0.15, 0.2) is 5.17 Å². The Morgan fingerprint density at radius 3 is 2.59 bits per heavy atom. The summed E-state index contributed by atoms with van der Waals surface area (Å²) in [4.78, 5) is 31.6. The number of nitrogens with one attached hydrogen (secondary N) is 1. The molecule has 0 bridgehead atoms. The standard InChI is InChI=1S/C21H25N3O4S/c1-13-5-7-15(8-6-13)19-18(20(26)28-4)14(2)23-21-24(19)16(12-29-21)11-17(25)22-9-10-27-3/h5-8,12,19H,9-11H2,1-4H3,(H,22,25). The summed E-state index contributed by atoms with van der Waals surface area (Å²) in [7, 11) is 2.96. The molecule has 1 aromatic rings. The Kier molecular flexibility index (Phi) is 6.76. The smallest absolute Gasteiger partial charge is 0.338 e. The molecule has 2 aliphatic heterocycles. The summed E-state index contributed by atoms with van der Waals surface area (Å²) in [6, 6.07) is 7.62. The molecule has 2 heterocycles. The van der Waals surface area contributed by atoms with Gasteiger partial charge in [-0.1, -0.05) is 41.6 Å². The number of amidine groups is 1. The molecule has 0 radical (unpaired) electrons. The number of hydrogen-bond acceptors (Lipinski definition) is 7. The van der Waals surface area contributed by atoms with Crippen LogP contribution in [-0.4, -0.2) is 49.3 Å². The van der Waals surface area contributed by atoms with E-state index in [1.807, 2.05) is 48.4 Å². The van der Waals surface area contributed by atoms with E-state index in [9.17, 15) is 9.59 Å². The molecule has 1 atom stereocenters. The average Bonchev–Trinajstić information content (AvgIpc) is 3.09. The molecule has 0 saturated carbocycles. The van der Waals surface area contributed by atoms with E-state index in [4.69, 9.17) is 9.47 Å². The van der Waals surface area contributed by atoms with Crippen LogP contribution in [0.25, 0.3) is 0 Å². The predicted molar refractivity (Wildman–Crippen MR) is 113 cm³/mol. The molecule has 1 N–H and O–H groups in total. The second-order valence-corrected chi connectivity index (χ2v) is 7.65. The van der Waals surface area contributed by atoms with Crippen LogP contribution in [0.5, 0.6) is 0 Å². The van der Waals surface area contributed by atoms with Gasteiger partial charge in [-0.2, -0.15) is 0 Å². The maximum absolute atomic E-state index is 12.6. The number of thioether (sulfide) groups is 1. The maximum atomic E-state index is 12.6. The van der Waals surface area contributed by atoms with Gasteiger partial charge in [0.05, 0.1) is 37.4 Å². The van der Waals surface area contributed by atoms with Gasteiger partial charge >= 0.3 is 5.97 Å². The molecule has 2 aliphatic rings. The monoisotopic (exact) mass is 415 g/mol. The van der Waals surface area contributed by atoms with Crippen molar-refractivity contribution >= 4 is 28.8 Å². The minimum Gasteiger partial charge on any atom is -0.466 e. The molecule has 0 spiro atoms. The summed E-state index contributed by atoms with van der Waals surface area (Å²) in [5, 5.41) is 5.51. The lowest BCUT2D eigenvalue weighted by atomic mass is 9.93. The summed E-state index contributed by atoms with van der Waals surface area (Å²) >= 11 is 1.45. The molecular formula is C21H25N3O4S. The zero-order valence-electron chi connectivity index (χ0n) is 17.0. The Labute approximate surface area is 174 Å². The fourth-order valence-electron chi connectivity index (χ4n) is 3.32. The zero-order chi connectivity index (χ0) is 21.0. The molecule has 8 heteroatoms. The average molecular weight is 416 g/mol. The van der Waals surface area contributed by atoms with Crippen LogP contribution in [0.15, 0.2) is 51.6 Å². The summed E-state index contributed by atoms with van der Waals surface area (Å²) in [5.74, 6) is -0.527. The number of amides is 1. The van der Waals surface area contributed by atoms with Crippen LogP contribution < -0.4 is 5.32 Å². The highest BCUT2D eigenvalue weighted by molar-refractivity contribution is 8.16. The van der Waals surface area contributed by atoms with E-state index in [1.54, 1.807) is 7.11 Å². The van der Waals surface area contributed by atoms with Crippen LogP contribution in [0.3, 0.4) is 0 Å². The van der Waals surface area contributed by atoms with Gasteiger partial charge in [-0.05, 0) is 24.8 Å². The molecule has 0 fully saturated rings. The number of hydrogen-bond donors (Lipinski definition) is 1. The number of aliphatic imine (C=N–C) groups is 1. The number of esters is 1. The van der Waals surface area contributed by atoms with Crippen molar-refractivity contribution in [2.24, 2.45) is 4.99 Å². The molecular weight excluding hydrogens is 390 g/mol. The van der Waals surface area contributed by atoms with E-state index in [1.165, 1.54) is 18.9 Å². The lowest BCUT2D eigenvalue weighted by Crippen LogP contribution is -2.38. The van der Waals surface area contributed by atoms with Crippen molar-refractivity contribution in [3.8, 4) is 0 Å². The minimum absolute atomic E-state index is 0.108. The maximum Gasteiger partial charge on any atom is 0.338 e. The Balaban J connectivity index is 1.95. The SMILES string of the molecule is COCCNC(=O)CC1=CSC2=NC(C)=C(C(=O)OC)C(c3ccc(C)cc3)N12. The second-order valence-electron chi connectivity index (χ2n) is 6.81. The number of allylic oxidation sites excluding steroid dienone is 1. The number of benzene rings is 1. The van der Waals surface area contributed by atoms with Crippen LogP contribution >= 0.6 is 11.8 Å². The molecule has 1 unspecified atom stereocenters. The van der Waals surface area contributed by atoms with Gasteiger partial charge in [0.1, 0.15) is 0 Å². The van der Waals surface area contributed by atoms with Crippen molar-refractivity contribution in [1.82, 2.24) is 10.2 Å². The van der Waals surface area contributed by atoms with Crippen molar-refractivity contribution in [2.45, 2.75) is 26.3 Å². The van der Waals surface area contributed by atoms with E-state index in [-0.39, 0.29) is 12.3 Å². The van der Waals surface area contributed by atoms with Gasteiger partial charge in [0.25, 0.3) is 0 Å². The highest BCUT2D eigenvalue weighted by atomic mass is 32.2. The van der Waals surface area contributed by atoms with Gasteiger partial charge in [-0.25, -0.2) is 9.79 Å². The van der Waals surface area contributed by atoms with E-state index in [2.05, 4.69) is 10.3 Å². The molecule has 3 rings (SSSR count). The number of methoxy groups -OCH3 is 2. The van der Waals surface area contributed by atoms with Crippen LogP contribution in [0, 0.1) is 6.92 Å². The van der Waals surface area contributed by atoms with Crippen LogP contribution in [0.4, 0.5) is 0 Å². The second kappa shape index (κ2) is 9.28. The number of aryl methyl sites for hydroxylation is 1. The predicted octanol–water partition coefficient (Wildman–Crippen LogP) is 2.90. The van der Waals surface area contributed by atoms with Crippen LogP contribution in [-0.2, 0) is 19.1 Å². The minimum atomic E-state index is -0.420. The van der Waals surface area contributed by atoms with Gasteiger partial charge < -0.3 is 19.7 Å². The summed E-state index contributed by atoms with van der Waals surface area (Å²) < 4.78 is 10.0. The third-order valence-corrected chi connectivity index (χ3v) is 5.66. The van der Waals surface area contributed by atoms with Crippen molar-refractivity contribution in [1.29, 1.82) is 0 Å². The van der Waals surface area contributed by atoms with E-state index >= 15 is 0 Å². The van der Waals surface area contributed by atoms with Crippen molar-refractivity contribution in [3.05, 3.63) is 57.8 Å². The lowest BCUT2D eigenvalue weighted by molar-refractivity contribution is -0.136. The normalized spacial score (nSPS) is 18.2. The number of ether oxygens (including phenoxy) is 2. The first-order valence-electron chi connectivity index (χ1n) is 9.31. The molecule has 0 saturated heterocycles. The van der Waals surface area contributed by atoms with Crippen molar-refractivity contribution in [3.63, 3.8) is 0 Å². The number of fused-ring (bicyclic) bond motifs is 1. The van der Waals surface area contributed by atoms with Crippen LogP contribution in [0.2, 0.25) is 0 Å². The number of nitrogens with zero attached hydrogens (tertiary/aromatic N) is 2. The molecule has 0 aliphatic carbocycles. The highest BCUT2D eigenvalue weighted by Crippen LogP contribution is 2.44. The third kappa shape index (κ3) is 4.54. The summed E-state index contributed by atoms with van der Waals surface area (Å²) in [5.41, 5.74) is 3.97. The van der Waals surface area contributed by atoms with Gasteiger partial charge in [0, 0.05) is 19.4 Å². The quantitative estimate of drug-likeness (QED) is 0.545. The molecule has 1 aromatic carbocycles. The third-order valence-electron chi connectivity index (χ3n) is 4.77. The Hall–Kier alpha value is -2.58. The lowest BCUT2D eigenvalue weighted by Gasteiger charge is -2.36. The summed E-state index contributed by atoms with van der Waals surface area (Å²) in [6.45, 7) is 4.73. The molecule has 1 amide bonds. The molecule has 154 valence electrons. The first kappa shape index (κ1) is 21.1. The fraction of sp³-hybridized carbons (Fsp3) is 0.381. The molecule has 0 aromatic heterocycles. The fourth-order valence-corrected chi connectivity index (χ4v) is 4.29. The molecule has 7 nitrogen and oxygen atoms in total.